The second-order valence-electron chi connectivity index (χ2n) is 11.5. The molecule has 0 radical (unpaired) electrons. The third kappa shape index (κ3) is 7.28. The van der Waals surface area contributed by atoms with Crippen molar-refractivity contribution in [3.8, 4) is 6.07 Å². The van der Waals surface area contributed by atoms with Gasteiger partial charge in [-0.15, -0.1) is 0 Å². The Morgan fingerprint density at radius 1 is 1.13 bits per heavy atom. The molecule has 1 saturated heterocycles. The number of carbonyl (C=O) groups excluding carboxylic acids is 3. The Morgan fingerprint density at radius 3 is 2.50 bits per heavy atom. The molecule has 0 spiro atoms. The lowest BCUT2D eigenvalue weighted by molar-refractivity contribution is -0.125. The van der Waals surface area contributed by atoms with E-state index in [9.17, 15) is 37.2 Å². The van der Waals surface area contributed by atoms with E-state index in [1.807, 2.05) is 6.07 Å². The predicted molar refractivity (Wildman–Crippen MR) is 160 cm³/mol. The van der Waals surface area contributed by atoms with E-state index in [0.717, 1.165) is 17.0 Å². The molecule has 1 aliphatic carbocycles. The van der Waals surface area contributed by atoms with Gasteiger partial charge in [0.15, 0.2) is 5.78 Å². The summed E-state index contributed by atoms with van der Waals surface area (Å²) >= 11 is 6.59. The van der Waals surface area contributed by atoms with Gasteiger partial charge in [0.1, 0.15) is 35.5 Å². The zero-order chi connectivity index (χ0) is 33.2. The van der Waals surface area contributed by atoms with Crippen molar-refractivity contribution in [3.05, 3.63) is 82.1 Å². The highest BCUT2D eigenvalue weighted by molar-refractivity contribution is 6.31. The van der Waals surface area contributed by atoms with Crippen molar-refractivity contribution in [1.82, 2.24) is 15.3 Å². The van der Waals surface area contributed by atoms with Crippen molar-refractivity contribution in [2.24, 2.45) is 0 Å². The monoisotopic (exact) mass is 656 g/mol. The van der Waals surface area contributed by atoms with Gasteiger partial charge in [-0.25, -0.2) is 27.5 Å². The van der Waals surface area contributed by atoms with Crippen LogP contribution < -0.4 is 15.1 Å². The molecular weight excluding hydrogens is 628 g/mol. The number of aryl methyl sites for hydroxylation is 1. The van der Waals surface area contributed by atoms with Crippen molar-refractivity contribution >= 4 is 40.8 Å². The van der Waals surface area contributed by atoms with Gasteiger partial charge >= 0.3 is 0 Å². The number of rotatable bonds is 9. The molecule has 2 amide bonds. The predicted octanol–water partition coefficient (Wildman–Crippen LogP) is 5.59. The van der Waals surface area contributed by atoms with Crippen molar-refractivity contribution in [2.45, 2.75) is 69.5 Å². The number of halogens is 5. The highest BCUT2D eigenvalue weighted by Gasteiger charge is 2.42. The fourth-order valence-corrected chi connectivity index (χ4v) is 6.09. The maximum absolute atomic E-state index is 14.6. The summed E-state index contributed by atoms with van der Waals surface area (Å²) < 4.78 is 57.0. The smallest absolute Gasteiger partial charge is 0.248 e. The quantitative estimate of drug-likeness (QED) is 0.298. The Labute approximate surface area is 267 Å². The van der Waals surface area contributed by atoms with Crippen LogP contribution in [0.1, 0.15) is 61.4 Å². The lowest BCUT2D eigenvalue weighted by Gasteiger charge is -2.36. The molecule has 5 rings (SSSR count). The van der Waals surface area contributed by atoms with Crippen LogP contribution in [-0.4, -0.2) is 52.1 Å². The van der Waals surface area contributed by atoms with Gasteiger partial charge in [-0.05, 0) is 50.5 Å². The molecule has 0 bridgehead atoms. The van der Waals surface area contributed by atoms with Gasteiger partial charge in [0, 0.05) is 53.8 Å². The zero-order valence-electron chi connectivity index (χ0n) is 24.7. The lowest BCUT2D eigenvalue weighted by Crippen LogP contribution is -2.50. The van der Waals surface area contributed by atoms with E-state index in [4.69, 9.17) is 11.6 Å². The Bertz CT molecular complexity index is 1690. The van der Waals surface area contributed by atoms with Crippen LogP contribution in [0.4, 0.5) is 29.2 Å². The number of ketones is 1. The molecule has 2 aromatic carbocycles. The number of amides is 2. The summed E-state index contributed by atoms with van der Waals surface area (Å²) in [6.45, 7) is 1.12. The van der Waals surface area contributed by atoms with Gasteiger partial charge < -0.3 is 10.2 Å². The van der Waals surface area contributed by atoms with Gasteiger partial charge in [0.25, 0.3) is 0 Å². The van der Waals surface area contributed by atoms with E-state index in [1.165, 1.54) is 23.2 Å². The molecule has 1 saturated carbocycles. The van der Waals surface area contributed by atoms with Crippen LogP contribution in [0.3, 0.4) is 0 Å². The van der Waals surface area contributed by atoms with Crippen molar-refractivity contribution < 1.29 is 31.9 Å². The molecule has 14 heteroatoms. The first-order valence-corrected chi connectivity index (χ1v) is 15.0. The molecule has 2 aliphatic rings. The first-order chi connectivity index (χ1) is 21.8. The van der Waals surface area contributed by atoms with Gasteiger partial charge in [-0.1, -0.05) is 29.3 Å². The Hall–Kier alpha value is -4.57. The number of hydrogen-bond acceptors (Lipinski definition) is 7. The minimum atomic E-state index is -2.85. The summed E-state index contributed by atoms with van der Waals surface area (Å²) in [4.78, 5) is 51.5. The molecule has 46 heavy (non-hydrogen) atoms. The van der Waals surface area contributed by atoms with Crippen LogP contribution in [0.25, 0.3) is 0 Å². The minimum absolute atomic E-state index is 0.00143. The summed E-state index contributed by atoms with van der Waals surface area (Å²) in [5.74, 6) is -6.76. The normalized spacial score (nSPS) is 18.6. The van der Waals surface area contributed by atoms with Gasteiger partial charge in [-0.3, -0.25) is 19.3 Å². The van der Waals surface area contributed by atoms with E-state index in [0.29, 0.717) is 11.6 Å². The summed E-state index contributed by atoms with van der Waals surface area (Å²) in [5, 5.41) is 12.2. The summed E-state index contributed by atoms with van der Waals surface area (Å²) in [6, 6.07) is 7.39. The number of nitrogens with zero attached hydrogens (tertiary/aromatic N) is 5. The molecule has 2 fully saturated rings. The Morgan fingerprint density at radius 2 is 1.83 bits per heavy atom. The maximum Gasteiger partial charge on any atom is 0.248 e. The van der Waals surface area contributed by atoms with Gasteiger partial charge in [0.2, 0.25) is 23.7 Å². The van der Waals surface area contributed by atoms with E-state index in [1.54, 1.807) is 19.1 Å². The molecule has 9 nitrogen and oxygen atoms in total. The number of benzene rings is 2. The number of Topliss-reactive ketones (excluding diaryl/α,β-unsaturated/α-hetero) is 1. The van der Waals surface area contributed by atoms with E-state index < -0.39 is 72.7 Å². The molecule has 2 unspecified atom stereocenters. The minimum Gasteiger partial charge on any atom is -0.351 e. The average molecular weight is 657 g/mol. The van der Waals surface area contributed by atoms with Gasteiger partial charge in [-0.2, -0.15) is 5.26 Å². The second kappa shape index (κ2) is 13.4. The fourth-order valence-electron chi connectivity index (χ4n) is 5.86. The molecule has 2 heterocycles. The van der Waals surface area contributed by atoms with Crippen LogP contribution in [0, 0.1) is 29.9 Å². The lowest BCUT2D eigenvalue weighted by atomic mass is 9.91. The molecule has 1 N–H and O–H groups in total. The molecule has 2 atom stereocenters. The third-order valence-electron chi connectivity index (χ3n) is 8.13. The van der Waals surface area contributed by atoms with Crippen LogP contribution in [0.2, 0.25) is 5.02 Å². The van der Waals surface area contributed by atoms with Crippen LogP contribution in [0.15, 0.2) is 48.7 Å². The standard InChI is InChI=1S/C32H29ClF4N6O3/c1-18-2-3-25(33)24(12-18)29(30(46)40-21-6-9-32(36,37)10-7-21)42(23-14-19(34)13-20(35)15-23)17-27(44)26-4-5-28(45)43(26)31-39-11-8-22(16-38)41-31/h2-3,8,11-15,21,26,29H,4-7,9-10,17H2,1H3,(H,40,46). The third-order valence-corrected chi connectivity index (χ3v) is 8.48. The summed E-state index contributed by atoms with van der Waals surface area (Å²) in [7, 11) is 0. The van der Waals surface area contributed by atoms with E-state index >= 15 is 0 Å². The topological polar surface area (TPSA) is 119 Å². The van der Waals surface area contributed by atoms with Crippen LogP contribution in [0.5, 0.6) is 0 Å². The zero-order valence-corrected chi connectivity index (χ0v) is 25.4. The van der Waals surface area contributed by atoms with Crippen molar-refractivity contribution in [2.75, 3.05) is 16.3 Å². The number of anilines is 2. The number of carbonyl (C=O) groups is 3. The summed E-state index contributed by atoms with van der Waals surface area (Å²) in [6.07, 6.45) is 0.448. The highest BCUT2D eigenvalue weighted by Crippen LogP contribution is 2.37. The maximum atomic E-state index is 14.6. The molecule has 240 valence electrons. The molecule has 3 aromatic rings. The SMILES string of the molecule is Cc1ccc(Cl)c(C(C(=O)NC2CCC(F)(F)CC2)N(CC(=O)C2CCC(=O)N2c2nccc(C#N)n2)c2cc(F)cc(F)c2)c1. The van der Waals surface area contributed by atoms with Crippen LogP contribution in [-0.2, 0) is 14.4 Å². The van der Waals surface area contributed by atoms with Crippen LogP contribution >= 0.6 is 11.6 Å². The van der Waals surface area contributed by atoms with Gasteiger partial charge in [0.05, 0.1) is 6.54 Å². The first kappa shape index (κ1) is 32.8. The number of aromatic nitrogens is 2. The van der Waals surface area contributed by atoms with E-state index in [2.05, 4.69) is 15.3 Å². The average Bonchev–Trinajstić information content (AvgIpc) is 3.40. The molecule has 1 aromatic heterocycles. The number of nitriles is 1. The molecule has 1 aliphatic heterocycles. The largest absolute Gasteiger partial charge is 0.351 e. The number of nitrogens with one attached hydrogen (secondary N) is 1. The Balaban J connectivity index is 1.56. The number of hydrogen-bond donors (Lipinski definition) is 1. The van der Waals surface area contributed by atoms with Crippen molar-refractivity contribution in [3.63, 3.8) is 0 Å². The highest BCUT2D eigenvalue weighted by atomic mass is 35.5. The molecular formula is C32H29ClF4N6O3. The fraction of sp³-hybridized carbons (Fsp3) is 0.375. The summed E-state index contributed by atoms with van der Waals surface area (Å²) in [5.41, 5.74) is 0.701. The Kier molecular flexibility index (Phi) is 9.58. The van der Waals surface area contributed by atoms with Crippen molar-refractivity contribution in [1.29, 1.82) is 5.26 Å². The second-order valence-corrected chi connectivity index (χ2v) is 11.9. The first-order valence-electron chi connectivity index (χ1n) is 14.6. The number of alkyl halides is 2. The van der Waals surface area contributed by atoms with E-state index in [-0.39, 0.29) is 53.6 Å².